The number of hydrogen-bond acceptors (Lipinski definition) is 6. The largest absolute Gasteiger partial charge is 0.494 e. The molecule has 0 spiro atoms. The lowest BCUT2D eigenvalue weighted by molar-refractivity contribution is -0.124. The summed E-state index contributed by atoms with van der Waals surface area (Å²) in [5.74, 6) is -0.167. The molecule has 1 aliphatic heterocycles. The Balaban J connectivity index is 1.46. The maximum Gasteiger partial charge on any atom is 0.270 e. The fourth-order valence-electron chi connectivity index (χ4n) is 4.65. The Labute approximate surface area is 217 Å². The first-order chi connectivity index (χ1) is 17.7. The van der Waals surface area contributed by atoms with Crippen LogP contribution in [0.25, 0.3) is 5.57 Å². The fraction of sp³-hybridized carbons (Fsp3) is 0.519. The van der Waals surface area contributed by atoms with Crippen LogP contribution in [-0.2, 0) is 31.7 Å². The van der Waals surface area contributed by atoms with Crippen molar-refractivity contribution >= 4 is 27.4 Å². The van der Waals surface area contributed by atoms with Gasteiger partial charge >= 0.3 is 0 Å². The third kappa shape index (κ3) is 5.74. The van der Waals surface area contributed by atoms with Crippen LogP contribution in [0.15, 0.2) is 42.1 Å². The number of carbonyl (C=O) groups is 2. The van der Waals surface area contributed by atoms with E-state index in [9.17, 15) is 18.0 Å². The molecule has 9 nitrogen and oxygen atoms in total. The minimum atomic E-state index is -3.82. The monoisotopic (exact) mass is 526 g/mol. The number of amides is 2. The second-order valence-electron chi connectivity index (χ2n) is 10.6. The van der Waals surface area contributed by atoms with Crippen LogP contribution in [0.1, 0.15) is 70.1 Å². The van der Waals surface area contributed by atoms with E-state index in [1.54, 1.807) is 6.07 Å². The number of sulfonamides is 1. The molecule has 2 amide bonds. The quantitative estimate of drug-likeness (QED) is 0.343. The lowest BCUT2D eigenvalue weighted by atomic mass is 9.79. The van der Waals surface area contributed by atoms with Crippen molar-refractivity contribution < 1.29 is 22.7 Å². The first-order valence-corrected chi connectivity index (χ1v) is 14.6. The van der Waals surface area contributed by atoms with Crippen LogP contribution in [0.4, 0.5) is 0 Å². The predicted molar refractivity (Wildman–Crippen MR) is 139 cm³/mol. The van der Waals surface area contributed by atoms with E-state index in [-0.39, 0.29) is 12.0 Å². The van der Waals surface area contributed by atoms with Crippen LogP contribution >= 0.6 is 0 Å². The number of hydrogen-bond donors (Lipinski definition) is 2. The Morgan fingerprint density at radius 2 is 1.92 bits per heavy atom. The van der Waals surface area contributed by atoms with Gasteiger partial charge in [-0.05, 0) is 68.7 Å². The van der Waals surface area contributed by atoms with Gasteiger partial charge in [-0.15, -0.1) is 0 Å². The molecule has 2 aliphatic carbocycles. The van der Waals surface area contributed by atoms with E-state index in [1.165, 1.54) is 12.8 Å². The van der Waals surface area contributed by atoms with Crippen molar-refractivity contribution in [1.82, 2.24) is 19.8 Å². The molecule has 1 aromatic heterocycles. The van der Waals surface area contributed by atoms with E-state index < -0.39 is 32.6 Å². The van der Waals surface area contributed by atoms with Gasteiger partial charge in [0.2, 0.25) is 10.0 Å². The fourth-order valence-corrected chi connectivity index (χ4v) is 5.94. The zero-order valence-corrected chi connectivity index (χ0v) is 22.1. The Morgan fingerprint density at radius 1 is 1.19 bits per heavy atom. The van der Waals surface area contributed by atoms with Crippen molar-refractivity contribution in [2.75, 3.05) is 6.61 Å². The Morgan fingerprint density at radius 3 is 2.57 bits per heavy atom. The van der Waals surface area contributed by atoms with E-state index in [0.29, 0.717) is 36.6 Å². The summed E-state index contributed by atoms with van der Waals surface area (Å²) in [5, 5.41) is 7.06. The molecular formula is C27H34N4O5S. The Hall–Kier alpha value is -3.14. The van der Waals surface area contributed by atoms with E-state index in [2.05, 4.69) is 22.1 Å². The van der Waals surface area contributed by atoms with Gasteiger partial charge in [0, 0.05) is 24.7 Å². The van der Waals surface area contributed by atoms with Crippen molar-refractivity contribution in [3.63, 3.8) is 0 Å². The summed E-state index contributed by atoms with van der Waals surface area (Å²) in [7, 11) is -3.82. The van der Waals surface area contributed by atoms with Gasteiger partial charge in [0.15, 0.2) is 0 Å². The molecule has 1 atom stereocenters. The van der Waals surface area contributed by atoms with Gasteiger partial charge in [0.25, 0.3) is 11.8 Å². The highest BCUT2D eigenvalue weighted by atomic mass is 32.2. The molecule has 198 valence electrons. The number of nitrogens with zero attached hydrogens (tertiary/aromatic N) is 2. The summed E-state index contributed by atoms with van der Waals surface area (Å²) in [4.78, 5) is 26.6. The van der Waals surface area contributed by atoms with E-state index in [1.807, 2.05) is 42.1 Å². The van der Waals surface area contributed by atoms with E-state index >= 15 is 0 Å². The normalized spacial score (nSPS) is 22.1. The highest BCUT2D eigenvalue weighted by Crippen LogP contribution is 2.39. The molecule has 0 unspecified atom stereocenters. The Bertz CT molecular complexity index is 1320. The predicted octanol–water partition coefficient (Wildman–Crippen LogP) is 3.27. The first kappa shape index (κ1) is 25.5. The van der Waals surface area contributed by atoms with Crippen LogP contribution < -0.4 is 14.8 Å². The van der Waals surface area contributed by atoms with Crippen molar-refractivity contribution in [2.24, 2.45) is 5.92 Å². The van der Waals surface area contributed by atoms with E-state index in [4.69, 9.17) is 4.74 Å². The van der Waals surface area contributed by atoms with Gasteiger partial charge in [0.05, 0.1) is 23.1 Å². The zero-order chi connectivity index (χ0) is 26.2. The van der Waals surface area contributed by atoms with Crippen LogP contribution in [0.5, 0.6) is 5.75 Å². The topological polar surface area (TPSA) is 119 Å². The molecule has 5 rings (SSSR count). The third-order valence-electron chi connectivity index (χ3n) is 7.22. The zero-order valence-electron chi connectivity index (χ0n) is 21.3. The van der Waals surface area contributed by atoms with Gasteiger partial charge in [-0.1, -0.05) is 25.5 Å². The molecule has 2 fully saturated rings. The summed E-state index contributed by atoms with van der Waals surface area (Å²) < 4.78 is 34.7. The molecule has 0 saturated heterocycles. The summed E-state index contributed by atoms with van der Waals surface area (Å²) in [6, 6.07) is 9.37. The summed E-state index contributed by atoms with van der Waals surface area (Å²) in [5.41, 5.74) is 0.776. The molecule has 0 radical (unpaired) electrons. The smallest absolute Gasteiger partial charge is 0.270 e. The lowest BCUT2D eigenvalue weighted by Crippen LogP contribution is -2.51. The molecule has 2 aromatic rings. The van der Waals surface area contributed by atoms with Gasteiger partial charge in [-0.3, -0.25) is 14.3 Å². The first-order valence-electron chi connectivity index (χ1n) is 13.1. The van der Waals surface area contributed by atoms with Gasteiger partial charge in [0.1, 0.15) is 11.3 Å². The van der Waals surface area contributed by atoms with E-state index in [0.717, 1.165) is 30.7 Å². The molecular weight excluding hydrogens is 492 g/mol. The lowest BCUT2D eigenvalue weighted by Gasteiger charge is -2.37. The van der Waals surface area contributed by atoms with Crippen LogP contribution in [-0.4, -0.2) is 41.9 Å². The second-order valence-corrected chi connectivity index (χ2v) is 12.5. The van der Waals surface area contributed by atoms with Gasteiger partial charge in [-0.2, -0.15) is 5.10 Å². The van der Waals surface area contributed by atoms with Gasteiger partial charge in [-0.25, -0.2) is 13.1 Å². The standard InChI is InChI=1S/C27H34N4O5S/c1-3-4-15-36-20-9-7-19(8-10-20)27(2)16-22(23-13-14-31(29-23)17-18-5-6-18)24(25(32)28-27)26(33)30-37(34,35)21-11-12-21/h7-10,13-14,18,21H,3-6,11-12,15-17H2,1-2H3,(H,28,32)(H,30,33)/t27-/m0/s1. The SMILES string of the molecule is CCCCOc1ccc([C@]2(C)CC(c3ccn(CC4CC4)n3)=C(C(=O)NS(=O)(=O)C3CC3)C(=O)N2)cc1. The molecule has 3 aliphatic rings. The molecule has 0 bridgehead atoms. The minimum absolute atomic E-state index is 0.196. The number of carbonyl (C=O) groups excluding carboxylic acids is 2. The number of rotatable bonds is 11. The van der Waals surface area contributed by atoms with Crippen LogP contribution in [0.3, 0.4) is 0 Å². The summed E-state index contributed by atoms with van der Waals surface area (Å²) >= 11 is 0. The summed E-state index contributed by atoms with van der Waals surface area (Å²) in [6.07, 6.45) is 7.52. The second kappa shape index (κ2) is 9.96. The molecule has 2 heterocycles. The van der Waals surface area contributed by atoms with Crippen molar-refractivity contribution in [2.45, 2.75) is 76.1 Å². The number of benzene rings is 1. The highest BCUT2D eigenvalue weighted by molar-refractivity contribution is 7.91. The van der Waals surface area contributed by atoms with Crippen molar-refractivity contribution in [3.8, 4) is 5.75 Å². The molecule has 1 aromatic carbocycles. The van der Waals surface area contributed by atoms with Crippen molar-refractivity contribution in [3.05, 3.63) is 53.4 Å². The Kier molecular flexibility index (Phi) is 6.87. The molecule has 10 heteroatoms. The number of ether oxygens (including phenoxy) is 1. The maximum absolute atomic E-state index is 13.4. The summed E-state index contributed by atoms with van der Waals surface area (Å²) in [6.45, 7) is 5.43. The number of aromatic nitrogens is 2. The average molecular weight is 527 g/mol. The van der Waals surface area contributed by atoms with Crippen LogP contribution in [0.2, 0.25) is 0 Å². The minimum Gasteiger partial charge on any atom is -0.494 e. The molecule has 37 heavy (non-hydrogen) atoms. The number of nitrogens with one attached hydrogen (secondary N) is 2. The number of unbranched alkanes of at least 4 members (excludes halogenated alkanes) is 1. The van der Waals surface area contributed by atoms with Crippen molar-refractivity contribution in [1.29, 1.82) is 0 Å². The third-order valence-corrected chi connectivity index (χ3v) is 9.04. The molecule has 2 N–H and O–H groups in total. The molecule has 2 saturated carbocycles. The maximum atomic E-state index is 13.4. The highest BCUT2D eigenvalue weighted by Gasteiger charge is 2.43. The van der Waals surface area contributed by atoms with Gasteiger partial charge < -0.3 is 10.1 Å². The van der Waals surface area contributed by atoms with Crippen LogP contribution in [0, 0.1) is 5.92 Å². The average Bonchev–Trinajstić information content (AvgIpc) is 3.77.